The lowest BCUT2D eigenvalue weighted by atomic mass is 10.1. The molecule has 0 radical (unpaired) electrons. The summed E-state index contributed by atoms with van der Waals surface area (Å²) in [5.74, 6) is 0.932. The molecular formula is C14H24N2O3S. The molecule has 0 aliphatic heterocycles. The number of sulfonamides is 1. The largest absolute Gasteiger partial charge is 0.464 e. The van der Waals surface area contributed by atoms with Gasteiger partial charge in [-0.25, -0.2) is 8.42 Å². The Kier molecular flexibility index (Phi) is 4.88. The molecule has 0 spiro atoms. The Balaban J connectivity index is 2.25. The fraction of sp³-hybridized carbons (Fsp3) is 0.714. The summed E-state index contributed by atoms with van der Waals surface area (Å²) >= 11 is 0. The van der Waals surface area contributed by atoms with E-state index < -0.39 is 10.0 Å². The van der Waals surface area contributed by atoms with Crippen molar-refractivity contribution in [3.8, 4) is 0 Å². The van der Waals surface area contributed by atoms with Crippen LogP contribution in [-0.2, 0) is 16.6 Å². The first-order valence-corrected chi connectivity index (χ1v) is 8.68. The third-order valence-corrected chi connectivity index (χ3v) is 6.14. The predicted octanol–water partition coefficient (Wildman–Crippen LogP) is 2.39. The van der Waals surface area contributed by atoms with E-state index in [0.717, 1.165) is 25.7 Å². The van der Waals surface area contributed by atoms with E-state index in [1.165, 1.54) is 17.1 Å². The summed E-state index contributed by atoms with van der Waals surface area (Å²) in [6.45, 7) is 1.89. The van der Waals surface area contributed by atoms with Crippen molar-refractivity contribution in [3.63, 3.8) is 0 Å². The Labute approximate surface area is 121 Å². The number of hydrogen-bond donors (Lipinski definition) is 1. The molecular weight excluding hydrogens is 276 g/mol. The van der Waals surface area contributed by atoms with Crippen molar-refractivity contribution < 1.29 is 12.8 Å². The first kappa shape index (κ1) is 15.5. The van der Waals surface area contributed by atoms with E-state index >= 15 is 0 Å². The summed E-state index contributed by atoms with van der Waals surface area (Å²) in [5, 5.41) is 0. The third-order valence-electron chi connectivity index (χ3n) is 4.12. The van der Waals surface area contributed by atoms with Crippen molar-refractivity contribution in [1.82, 2.24) is 4.31 Å². The first-order valence-electron chi connectivity index (χ1n) is 7.24. The Morgan fingerprint density at radius 3 is 2.40 bits per heavy atom. The van der Waals surface area contributed by atoms with Gasteiger partial charge in [0.15, 0.2) is 0 Å². The normalized spacial score (nSPS) is 18.4. The van der Waals surface area contributed by atoms with Gasteiger partial charge in [0.25, 0.3) is 0 Å². The second-order valence-electron chi connectivity index (χ2n) is 5.50. The standard InChI is InChI=1S/C14H24N2O3S/c1-11-14(9-13(10-15)19-11)20(17,18)16(2)12-7-5-3-4-6-8-12/h9,12H,3-8,10,15H2,1-2H3. The molecule has 2 rings (SSSR count). The van der Waals surface area contributed by atoms with Gasteiger partial charge in [-0.15, -0.1) is 0 Å². The van der Waals surface area contributed by atoms with Crippen LogP contribution in [0.4, 0.5) is 0 Å². The average Bonchev–Trinajstić information content (AvgIpc) is 2.64. The minimum atomic E-state index is -3.49. The van der Waals surface area contributed by atoms with E-state index in [2.05, 4.69) is 0 Å². The molecule has 1 aliphatic rings. The molecule has 0 bridgehead atoms. The zero-order chi connectivity index (χ0) is 14.8. The van der Waals surface area contributed by atoms with E-state index in [1.807, 2.05) is 0 Å². The zero-order valence-electron chi connectivity index (χ0n) is 12.3. The maximum atomic E-state index is 12.7. The molecule has 0 atom stereocenters. The SMILES string of the molecule is Cc1oc(CN)cc1S(=O)(=O)N(C)C1CCCCCC1. The van der Waals surface area contributed by atoms with Crippen LogP contribution in [0.5, 0.6) is 0 Å². The number of nitrogens with two attached hydrogens (primary N) is 1. The number of furan rings is 1. The maximum Gasteiger partial charge on any atom is 0.246 e. The van der Waals surface area contributed by atoms with Crippen LogP contribution in [-0.4, -0.2) is 25.8 Å². The molecule has 0 aromatic carbocycles. The highest BCUT2D eigenvalue weighted by Crippen LogP contribution is 2.28. The first-order chi connectivity index (χ1) is 9.46. The van der Waals surface area contributed by atoms with Gasteiger partial charge >= 0.3 is 0 Å². The van der Waals surface area contributed by atoms with Gasteiger partial charge in [0.2, 0.25) is 10.0 Å². The lowest BCUT2D eigenvalue weighted by Crippen LogP contribution is -2.36. The molecule has 2 N–H and O–H groups in total. The minimum Gasteiger partial charge on any atom is -0.464 e. The summed E-state index contributed by atoms with van der Waals surface area (Å²) in [6, 6.07) is 1.65. The van der Waals surface area contributed by atoms with Gasteiger partial charge in [-0.3, -0.25) is 0 Å². The molecule has 114 valence electrons. The van der Waals surface area contributed by atoms with Crippen molar-refractivity contribution in [2.45, 2.75) is 62.9 Å². The molecule has 1 heterocycles. The summed E-state index contributed by atoms with van der Waals surface area (Å²) in [7, 11) is -1.81. The number of rotatable bonds is 4. The van der Waals surface area contributed by atoms with Gasteiger partial charge in [-0.2, -0.15) is 4.31 Å². The summed E-state index contributed by atoms with van der Waals surface area (Å²) < 4.78 is 32.3. The van der Waals surface area contributed by atoms with E-state index in [1.54, 1.807) is 20.0 Å². The minimum absolute atomic E-state index is 0.0955. The van der Waals surface area contributed by atoms with E-state index in [-0.39, 0.29) is 17.5 Å². The Hall–Kier alpha value is -0.850. The van der Waals surface area contributed by atoms with Crippen LogP contribution in [0.2, 0.25) is 0 Å². The van der Waals surface area contributed by atoms with Crippen LogP contribution in [0.1, 0.15) is 50.0 Å². The summed E-state index contributed by atoms with van der Waals surface area (Å²) in [4.78, 5) is 0.254. The molecule has 6 heteroatoms. The quantitative estimate of drug-likeness (QED) is 0.866. The highest BCUT2D eigenvalue weighted by Gasteiger charge is 2.31. The van der Waals surface area contributed by atoms with Crippen molar-refractivity contribution >= 4 is 10.0 Å². The second kappa shape index (κ2) is 6.28. The lowest BCUT2D eigenvalue weighted by molar-refractivity contribution is 0.335. The number of hydrogen-bond acceptors (Lipinski definition) is 4. The number of aryl methyl sites for hydroxylation is 1. The van der Waals surface area contributed by atoms with Crippen molar-refractivity contribution in [2.75, 3.05) is 7.05 Å². The molecule has 1 fully saturated rings. The average molecular weight is 300 g/mol. The van der Waals surface area contributed by atoms with E-state index in [4.69, 9.17) is 10.2 Å². The lowest BCUT2D eigenvalue weighted by Gasteiger charge is -2.26. The van der Waals surface area contributed by atoms with Crippen LogP contribution in [0, 0.1) is 6.92 Å². The van der Waals surface area contributed by atoms with Crippen LogP contribution >= 0.6 is 0 Å². The van der Waals surface area contributed by atoms with E-state index in [0.29, 0.717) is 11.5 Å². The van der Waals surface area contributed by atoms with Crippen LogP contribution in [0.25, 0.3) is 0 Å². The van der Waals surface area contributed by atoms with Gasteiger partial charge in [0.1, 0.15) is 16.4 Å². The molecule has 5 nitrogen and oxygen atoms in total. The van der Waals surface area contributed by atoms with Crippen LogP contribution in [0.3, 0.4) is 0 Å². The van der Waals surface area contributed by atoms with Crippen molar-refractivity contribution in [3.05, 3.63) is 17.6 Å². The summed E-state index contributed by atoms with van der Waals surface area (Å²) in [5.41, 5.74) is 5.51. The molecule has 0 unspecified atom stereocenters. The maximum absolute atomic E-state index is 12.7. The molecule has 1 aromatic rings. The Morgan fingerprint density at radius 2 is 1.90 bits per heavy atom. The second-order valence-corrected chi connectivity index (χ2v) is 7.47. The third kappa shape index (κ3) is 3.07. The van der Waals surface area contributed by atoms with Gasteiger partial charge < -0.3 is 10.2 Å². The molecule has 0 saturated heterocycles. The Bertz CT molecular complexity index is 543. The molecule has 1 aromatic heterocycles. The fourth-order valence-electron chi connectivity index (χ4n) is 2.85. The predicted molar refractivity (Wildman–Crippen MR) is 77.8 cm³/mol. The smallest absolute Gasteiger partial charge is 0.246 e. The van der Waals surface area contributed by atoms with Crippen molar-refractivity contribution in [1.29, 1.82) is 0 Å². The van der Waals surface area contributed by atoms with Gasteiger partial charge in [0, 0.05) is 19.2 Å². The monoisotopic (exact) mass is 300 g/mol. The summed E-state index contributed by atoms with van der Waals surface area (Å²) in [6.07, 6.45) is 6.48. The van der Waals surface area contributed by atoms with Gasteiger partial charge in [-0.1, -0.05) is 25.7 Å². The highest BCUT2D eigenvalue weighted by atomic mass is 32.2. The van der Waals surface area contributed by atoms with Crippen LogP contribution < -0.4 is 5.73 Å². The molecule has 1 aliphatic carbocycles. The molecule has 0 amide bonds. The van der Waals surface area contributed by atoms with Crippen LogP contribution in [0.15, 0.2) is 15.4 Å². The molecule has 20 heavy (non-hydrogen) atoms. The van der Waals surface area contributed by atoms with E-state index in [9.17, 15) is 8.42 Å². The Morgan fingerprint density at radius 1 is 1.30 bits per heavy atom. The van der Waals surface area contributed by atoms with Crippen molar-refractivity contribution in [2.24, 2.45) is 5.73 Å². The number of nitrogens with zero attached hydrogens (tertiary/aromatic N) is 1. The zero-order valence-corrected chi connectivity index (χ0v) is 13.1. The fourth-order valence-corrected chi connectivity index (χ4v) is 4.45. The highest BCUT2D eigenvalue weighted by molar-refractivity contribution is 7.89. The topological polar surface area (TPSA) is 76.5 Å². The van der Waals surface area contributed by atoms with Gasteiger partial charge in [-0.05, 0) is 19.8 Å². The van der Waals surface area contributed by atoms with Gasteiger partial charge in [0.05, 0.1) is 6.54 Å². The molecule has 1 saturated carbocycles.